The van der Waals surface area contributed by atoms with Gasteiger partial charge in [-0.1, -0.05) is 17.7 Å². The van der Waals surface area contributed by atoms with E-state index in [9.17, 15) is 4.79 Å². The molecule has 1 aliphatic rings. The molecule has 21 heavy (non-hydrogen) atoms. The molecule has 0 aliphatic carbocycles. The number of hydrogen-bond donors (Lipinski definition) is 2. The third-order valence-corrected chi connectivity index (χ3v) is 4.10. The number of anilines is 1. The van der Waals surface area contributed by atoms with E-state index in [0.717, 1.165) is 18.8 Å². The minimum Gasteiger partial charge on any atom is -0.325 e. The van der Waals surface area contributed by atoms with Gasteiger partial charge in [0.25, 0.3) is 0 Å². The number of rotatable bonds is 6. The van der Waals surface area contributed by atoms with Gasteiger partial charge in [-0.3, -0.25) is 4.79 Å². The Labute approximate surface area is 127 Å². The average molecular weight is 289 g/mol. The molecule has 0 saturated carbocycles. The van der Waals surface area contributed by atoms with Crippen molar-refractivity contribution in [3.05, 3.63) is 29.8 Å². The Morgan fingerprint density at radius 2 is 2.05 bits per heavy atom. The van der Waals surface area contributed by atoms with Gasteiger partial charge in [-0.15, -0.1) is 0 Å². The second-order valence-electron chi connectivity index (χ2n) is 6.29. The fourth-order valence-electron chi connectivity index (χ4n) is 2.73. The summed E-state index contributed by atoms with van der Waals surface area (Å²) < 4.78 is 0. The summed E-state index contributed by atoms with van der Waals surface area (Å²) in [5.74, 6) is 0.692. The maximum Gasteiger partial charge on any atom is 0.238 e. The Morgan fingerprint density at radius 1 is 1.33 bits per heavy atom. The number of amides is 1. The van der Waals surface area contributed by atoms with Gasteiger partial charge in [0.15, 0.2) is 0 Å². The van der Waals surface area contributed by atoms with Gasteiger partial charge >= 0.3 is 0 Å². The van der Waals surface area contributed by atoms with Crippen LogP contribution in [0.25, 0.3) is 0 Å². The van der Waals surface area contributed by atoms with Crippen molar-refractivity contribution in [1.82, 2.24) is 10.2 Å². The summed E-state index contributed by atoms with van der Waals surface area (Å²) in [5, 5.41) is 6.19. The first-order valence-electron chi connectivity index (χ1n) is 7.86. The van der Waals surface area contributed by atoms with Crippen LogP contribution in [-0.2, 0) is 4.79 Å². The molecule has 4 nitrogen and oxygen atoms in total. The molecular formula is C17H27N3O. The average Bonchev–Trinajstić information content (AvgIpc) is 2.90. The maximum atomic E-state index is 11.9. The van der Waals surface area contributed by atoms with Crippen LogP contribution in [0.2, 0.25) is 0 Å². The van der Waals surface area contributed by atoms with Gasteiger partial charge in [-0.25, -0.2) is 0 Å². The molecule has 4 heteroatoms. The zero-order valence-corrected chi connectivity index (χ0v) is 13.4. The Balaban J connectivity index is 1.65. The van der Waals surface area contributed by atoms with E-state index in [-0.39, 0.29) is 5.91 Å². The summed E-state index contributed by atoms with van der Waals surface area (Å²) in [6.45, 7) is 10.1. The van der Waals surface area contributed by atoms with Crippen molar-refractivity contribution in [2.24, 2.45) is 5.92 Å². The first-order valence-corrected chi connectivity index (χ1v) is 7.86. The molecule has 2 N–H and O–H groups in total. The number of benzene rings is 1. The molecule has 1 aromatic carbocycles. The topological polar surface area (TPSA) is 44.4 Å². The van der Waals surface area contributed by atoms with Crippen LogP contribution in [0, 0.1) is 12.8 Å². The zero-order chi connectivity index (χ0) is 15.2. The molecule has 1 heterocycles. The van der Waals surface area contributed by atoms with Crippen LogP contribution in [0.5, 0.6) is 0 Å². The van der Waals surface area contributed by atoms with Gasteiger partial charge in [-0.2, -0.15) is 0 Å². The van der Waals surface area contributed by atoms with Gasteiger partial charge in [-0.05, 0) is 58.3 Å². The molecule has 0 aromatic heterocycles. The molecule has 2 rings (SSSR count). The molecule has 1 aliphatic heterocycles. The van der Waals surface area contributed by atoms with Crippen LogP contribution in [0.15, 0.2) is 24.3 Å². The van der Waals surface area contributed by atoms with Crippen LogP contribution in [0.3, 0.4) is 0 Å². The quantitative estimate of drug-likeness (QED) is 0.844. The number of nitrogens with zero attached hydrogens (tertiary/aromatic N) is 1. The summed E-state index contributed by atoms with van der Waals surface area (Å²) in [6, 6.07) is 8.50. The lowest BCUT2D eigenvalue weighted by atomic mass is 10.1. The van der Waals surface area contributed by atoms with Crippen LogP contribution in [0.1, 0.15) is 25.8 Å². The van der Waals surface area contributed by atoms with E-state index < -0.39 is 0 Å². The first-order chi connectivity index (χ1) is 10.0. The number of carbonyl (C=O) groups is 1. The highest BCUT2D eigenvalue weighted by atomic mass is 16.1. The Kier molecular flexibility index (Phi) is 5.76. The van der Waals surface area contributed by atoms with Crippen LogP contribution in [0.4, 0.5) is 5.69 Å². The monoisotopic (exact) mass is 289 g/mol. The first kappa shape index (κ1) is 16.0. The lowest BCUT2D eigenvalue weighted by Crippen LogP contribution is -2.34. The summed E-state index contributed by atoms with van der Waals surface area (Å²) in [7, 11) is 0. The van der Waals surface area contributed by atoms with E-state index in [2.05, 4.69) is 29.4 Å². The van der Waals surface area contributed by atoms with E-state index in [1.807, 2.05) is 31.2 Å². The molecule has 1 atom stereocenters. The van der Waals surface area contributed by atoms with Crippen molar-refractivity contribution >= 4 is 11.6 Å². The van der Waals surface area contributed by atoms with E-state index in [4.69, 9.17) is 0 Å². The van der Waals surface area contributed by atoms with E-state index in [1.54, 1.807) is 0 Å². The smallest absolute Gasteiger partial charge is 0.238 e. The molecule has 1 unspecified atom stereocenters. The van der Waals surface area contributed by atoms with Crippen LogP contribution < -0.4 is 10.6 Å². The van der Waals surface area contributed by atoms with Crippen molar-refractivity contribution in [2.75, 3.05) is 31.5 Å². The summed E-state index contributed by atoms with van der Waals surface area (Å²) >= 11 is 0. The second kappa shape index (κ2) is 7.57. The Morgan fingerprint density at radius 3 is 2.67 bits per heavy atom. The summed E-state index contributed by atoms with van der Waals surface area (Å²) in [6.07, 6.45) is 1.23. The van der Waals surface area contributed by atoms with E-state index in [1.165, 1.54) is 18.5 Å². The molecule has 0 spiro atoms. The SMILES string of the molecule is Cc1ccc(NC(=O)CNCC2CCN(C(C)C)C2)cc1. The van der Waals surface area contributed by atoms with Crippen LogP contribution >= 0.6 is 0 Å². The lowest BCUT2D eigenvalue weighted by Gasteiger charge is -2.20. The van der Waals surface area contributed by atoms with Crippen LogP contribution in [-0.4, -0.2) is 43.0 Å². The molecule has 1 saturated heterocycles. The molecule has 0 bridgehead atoms. The third kappa shape index (κ3) is 5.14. The molecule has 116 valence electrons. The number of hydrogen-bond acceptors (Lipinski definition) is 3. The highest BCUT2D eigenvalue weighted by Gasteiger charge is 2.23. The predicted molar refractivity (Wildman–Crippen MR) is 87.5 cm³/mol. The highest BCUT2D eigenvalue weighted by Crippen LogP contribution is 2.17. The largest absolute Gasteiger partial charge is 0.325 e. The number of likely N-dealkylation sites (tertiary alicyclic amines) is 1. The fourth-order valence-corrected chi connectivity index (χ4v) is 2.73. The fraction of sp³-hybridized carbons (Fsp3) is 0.588. The second-order valence-corrected chi connectivity index (χ2v) is 6.29. The molecule has 0 radical (unpaired) electrons. The number of nitrogens with one attached hydrogen (secondary N) is 2. The van der Waals surface area contributed by atoms with Gasteiger partial charge in [0, 0.05) is 18.3 Å². The molecule has 1 amide bonds. The minimum absolute atomic E-state index is 0.0255. The summed E-state index contributed by atoms with van der Waals surface area (Å²) in [4.78, 5) is 14.4. The minimum atomic E-state index is 0.0255. The van der Waals surface area contributed by atoms with Gasteiger partial charge in [0.05, 0.1) is 6.54 Å². The van der Waals surface area contributed by atoms with Crippen molar-refractivity contribution < 1.29 is 4.79 Å². The third-order valence-electron chi connectivity index (χ3n) is 4.10. The molecular weight excluding hydrogens is 262 g/mol. The standard InChI is InChI=1S/C17H27N3O/c1-13(2)20-9-8-15(12-20)10-18-11-17(21)19-16-6-4-14(3)5-7-16/h4-7,13,15,18H,8-12H2,1-3H3,(H,19,21). The van der Waals surface area contributed by atoms with Crippen molar-refractivity contribution in [1.29, 1.82) is 0 Å². The predicted octanol–water partition coefficient (Wildman–Crippen LogP) is 2.25. The normalized spacial score (nSPS) is 19.1. The highest BCUT2D eigenvalue weighted by molar-refractivity contribution is 5.92. The number of carbonyl (C=O) groups excluding carboxylic acids is 1. The Hall–Kier alpha value is -1.39. The van der Waals surface area contributed by atoms with Gasteiger partial charge in [0.1, 0.15) is 0 Å². The maximum absolute atomic E-state index is 11.9. The van der Waals surface area contributed by atoms with Gasteiger partial charge < -0.3 is 15.5 Å². The lowest BCUT2D eigenvalue weighted by molar-refractivity contribution is -0.115. The van der Waals surface area contributed by atoms with E-state index in [0.29, 0.717) is 18.5 Å². The van der Waals surface area contributed by atoms with E-state index >= 15 is 0 Å². The molecule has 1 aromatic rings. The Bertz CT molecular complexity index is 456. The summed E-state index contributed by atoms with van der Waals surface area (Å²) in [5.41, 5.74) is 2.06. The van der Waals surface area contributed by atoms with Crippen molar-refractivity contribution in [3.63, 3.8) is 0 Å². The van der Waals surface area contributed by atoms with Gasteiger partial charge in [0.2, 0.25) is 5.91 Å². The molecule has 1 fully saturated rings. The number of aryl methyl sites for hydroxylation is 1. The van der Waals surface area contributed by atoms with Crippen molar-refractivity contribution in [2.45, 2.75) is 33.2 Å². The zero-order valence-electron chi connectivity index (χ0n) is 13.4. The van der Waals surface area contributed by atoms with Crippen molar-refractivity contribution in [3.8, 4) is 0 Å².